The Morgan fingerprint density at radius 2 is 1.88 bits per heavy atom. The summed E-state index contributed by atoms with van der Waals surface area (Å²) < 4.78 is 5.72. The van der Waals surface area contributed by atoms with Gasteiger partial charge in [0.05, 0.1) is 29.1 Å². The number of para-hydroxylation sites is 2. The van der Waals surface area contributed by atoms with Crippen molar-refractivity contribution in [1.82, 2.24) is 4.98 Å². The number of fused-ring (bicyclic) bond motifs is 2. The zero-order valence-electron chi connectivity index (χ0n) is 18.8. The Morgan fingerprint density at radius 1 is 1.06 bits per heavy atom. The first kappa shape index (κ1) is 20.7. The van der Waals surface area contributed by atoms with Gasteiger partial charge in [0, 0.05) is 37.7 Å². The van der Waals surface area contributed by atoms with Crippen molar-refractivity contribution in [2.75, 3.05) is 25.6 Å². The molecular formula is C27H29N3O2. The molecular weight excluding hydrogens is 398 g/mol. The van der Waals surface area contributed by atoms with Crippen molar-refractivity contribution in [1.29, 1.82) is 0 Å². The fourth-order valence-electron chi connectivity index (χ4n) is 5.14. The molecule has 3 aromatic rings. The second-order valence-corrected chi connectivity index (χ2v) is 8.95. The van der Waals surface area contributed by atoms with Crippen LogP contribution in [0.5, 0.6) is 5.75 Å². The predicted molar refractivity (Wildman–Crippen MR) is 129 cm³/mol. The summed E-state index contributed by atoms with van der Waals surface area (Å²) in [6.07, 6.45) is 8.66. The third-order valence-electron chi connectivity index (χ3n) is 6.65. The van der Waals surface area contributed by atoms with Crippen LogP contribution in [0.3, 0.4) is 0 Å². The van der Waals surface area contributed by atoms with Gasteiger partial charge >= 0.3 is 0 Å². The molecule has 0 spiro atoms. The number of hydrogen-bond acceptors (Lipinski definition) is 4. The Bertz CT molecular complexity index is 1190. The normalized spacial score (nSPS) is 17.8. The van der Waals surface area contributed by atoms with Crippen molar-refractivity contribution in [3.8, 4) is 5.75 Å². The van der Waals surface area contributed by atoms with Crippen LogP contribution >= 0.6 is 0 Å². The fourth-order valence-corrected chi connectivity index (χ4v) is 5.14. The molecule has 0 N–H and O–H groups in total. The van der Waals surface area contributed by atoms with Crippen LogP contribution < -0.4 is 9.64 Å². The van der Waals surface area contributed by atoms with E-state index in [1.807, 2.05) is 43.3 Å². The highest BCUT2D eigenvalue weighted by Gasteiger charge is 2.24. The first-order valence-electron chi connectivity index (χ1n) is 11.6. The number of ether oxygens (including phenoxy) is 1. The summed E-state index contributed by atoms with van der Waals surface area (Å²) >= 11 is 0. The number of aliphatic imine (C=N–C) groups is 1. The second-order valence-electron chi connectivity index (χ2n) is 8.95. The average molecular weight is 428 g/mol. The summed E-state index contributed by atoms with van der Waals surface area (Å²) in [7, 11) is 3.96. The van der Waals surface area contributed by atoms with Gasteiger partial charge in [0.25, 0.3) is 5.91 Å². The quantitative estimate of drug-likeness (QED) is 0.533. The number of rotatable bonds is 3. The smallest absolute Gasteiger partial charge is 0.280 e. The van der Waals surface area contributed by atoms with E-state index < -0.39 is 0 Å². The summed E-state index contributed by atoms with van der Waals surface area (Å²) in [6, 6.07) is 14.2. The van der Waals surface area contributed by atoms with Crippen molar-refractivity contribution in [3.05, 3.63) is 65.4 Å². The molecule has 2 aromatic carbocycles. The van der Waals surface area contributed by atoms with E-state index in [0.29, 0.717) is 24.5 Å². The zero-order valence-corrected chi connectivity index (χ0v) is 18.8. The maximum atomic E-state index is 13.4. The standard InChI is InChI=1S/C27H29N3O2/c1-30(2)26-21-13-8-12-19(18-9-4-3-5-10-18)25(21)28-17-22(26)27(31)29-23-15-16-32-24-14-7-6-11-20(23)24/h6-8,11-14,17-18H,3-5,9-10,15-16H2,1-2H3. The molecule has 1 aliphatic carbocycles. The maximum Gasteiger partial charge on any atom is 0.280 e. The molecule has 1 fully saturated rings. The monoisotopic (exact) mass is 427 g/mol. The Hall–Kier alpha value is -3.21. The van der Waals surface area contributed by atoms with E-state index in [1.54, 1.807) is 6.20 Å². The van der Waals surface area contributed by atoms with Gasteiger partial charge in [-0.3, -0.25) is 9.78 Å². The summed E-state index contributed by atoms with van der Waals surface area (Å²) in [5.41, 5.74) is 5.43. The molecule has 1 aliphatic heterocycles. The number of hydrogen-bond donors (Lipinski definition) is 0. The highest BCUT2D eigenvalue weighted by molar-refractivity contribution is 6.15. The van der Waals surface area contributed by atoms with Gasteiger partial charge in [-0.15, -0.1) is 0 Å². The number of pyridine rings is 1. The van der Waals surface area contributed by atoms with E-state index in [-0.39, 0.29) is 5.91 Å². The van der Waals surface area contributed by atoms with Crippen LogP contribution in [0.1, 0.15) is 65.9 Å². The summed E-state index contributed by atoms with van der Waals surface area (Å²) in [6.45, 7) is 0.532. The zero-order chi connectivity index (χ0) is 22.1. The minimum atomic E-state index is -0.252. The number of carbonyl (C=O) groups is 1. The van der Waals surface area contributed by atoms with Crippen LogP contribution in [0, 0.1) is 0 Å². The Morgan fingerprint density at radius 3 is 2.69 bits per heavy atom. The summed E-state index contributed by atoms with van der Waals surface area (Å²) in [5.74, 6) is 1.08. The topological polar surface area (TPSA) is 54.8 Å². The maximum absolute atomic E-state index is 13.4. The van der Waals surface area contributed by atoms with Crippen molar-refractivity contribution >= 4 is 28.2 Å². The molecule has 0 radical (unpaired) electrons. The molecule has 2 heterocycles. The van der Waals surface area contributed by atoms with Gasteiger partial charge < -0.3 is 9.64 Å². The van der Waals surface area contributed by atoms with Crippen LogP contribution in [0.15, 0.2) is 53.7 Å². The highest BCUT2D eigenvalue weighted by Crippen LogP contribution is 2.38. The molecule has 164 valence electrons. The first-order chi connectivity index (χ1) is 15.6. The number of nitrogens with zero attached hydrogens (tertiary/aromatic N) is 3. The minimum absolute atomic E-state index is 0.252. The van der Waals surface area contributed by atoms with Gasteiger partial charge in [0.2, 0.25) is 0 Å². The Kier molecular flexibility index (Phi) is 5.64. The number of carbonyl (C=O) groups excluding carboxylic acids is 1. The average Bonchev–Trinajstić information content (AvgIpc) is 2.83. The van der Waals surface area contributed by atoms with E-state index in [2.05, 4.69) is 23.2 Å². The second kappa shape index (κ2) is 8.73. The van der Waals surface area contributed by atoms with E-state index in [0.717, 1.165) is 33.6 Å². The Balaban J connectivity index is 1.59. The van der Waals surface area contributed by atoms with Crippen molar-refractivity contribution in [3.63, 3.8) is 0 Å². The lowest BCUT2D eigenvalue weighted by atomic mass is 9.83. The van der Waals surface area contributed by atoms with E-state index in [1.165, 1.54) is 37.7 Å². The molecule has 0 unspecified atom stereocenters. The van der Waals surface area contributed by atoms with E-state index in [4.69, 9.17) is 9.72 Å². The molecule has 0 atom stereocenters. The van der Waals surface area contributed by atoms with E-state index >= 15 is 0 Å². The molecule has 1 saturated carbocycles. The van der Waals surface area contributed by atoms with Crippen LogP contribution in [-0.4, -0.2) is 37.3 Å². The van der Waals surface area contributed by atoms with E-state index in [9.17, 15) is 4.79 Å². The third-order valence-corrected chi connectivity index (χ3v) is 6.65. The van der Waals surface area contributed by atoms with Crippen LogP contribution in [0.4, 0.5) is 5.69 Å². The molecule has 0 saturated heterocycles. The SMILES string of the molecule is CN(C)c1c(C(=O)N=C2CCOc3ccccc32)cnc2c(C3CCCCC3)cccc12. The van der Waals surface area contributed by atoms with Gasteiger partial charge in [-0.05, 0) is 36.5 Å². The largest absolute Gasteiger partial charge is 0.492 e. The number of benzene rings is 2. The van der Waals surface area contributed by atoms with Gasteiger partial charge in [-0.25, -0.2) is 4.99 Å². The molecule has 1 aromatic heterocycles. The van der Waals surface area contributed by atoms with Gasteiger partial charge in [-0.2, -0.15) is 0 Å². The Labute approximate surface area is 189 Å². The number of amides is 1. The van der Waals surface area contributed by atoms with Crippen LogP contribution in [0.2, 0.25) is 0 Å². The summed E-state index contributed by atoms with van der Waals surface area (Å²) in [4.78, 5) is 24.8. The predicted octanol–water partition coefficient (Wildman–Crippen LogP) is 5.76. The third kappa shape index (κ3) is 3.77. The summed E-state index contributed by atoms with van der Waals surface area (Å²) in [5, 5.41) is 1.02. The lowest BCUT2D eigenvalue weighted by Crippen LogP contribution is -2.19. The number of aromatic nitrogens is 1. The van der Waals surface area contributed by atoms with Gasteiger partial charge in [0.1, 0.15) is 5.75 Å². The lowest BCUT2D eigenvalue weighted by molar-refractivity contribution is 0.100. The lowest BCUT2D eigenvalue weighted by Gasteiger charge is -2.25. The van der Waals surface area contributed by atoms with Crippen LogP contribution in [0.25, 0.3) is 10.9 Å². The van der Waals surface area contributed by atoms with Crippen molar-refractivity contribution in [2.45, 2.75) is 44.4 Å². The molecule has 32 heavy (non-hydrogen) atoms. The van der Waals surface area contributed by atoms with Crippen molar-refractivity contribution < 1.29 is 9.53 Å². The molecule has 5 heteroatoms. The number of anilines is 1. The van der Waals surface area contributed by atoms with Crippen LogP contribution in [-0.2, 0) is 0 Å². The van der Waals surface area contributed by atoms with Gasteiger partial charge in [-0.1, -0.05) is 49.6 Å². The van der Waals surface area contributed by atoms with Gasteiger partial charge in [0.15, 0.2) is 0 Å². The fraction of sp³-hybridized carbons (Fsp3) is 0.370. The van der Waals surface area contributed by atoms with Crippen molar-refractivity contribution in [2.24, 2.45) is 4.99 Å². The first-order valence-corrected chi connectivity index (χ1v) is 11.6. The molecule has 5 rings (SSSR count). The molecule has 0 bridgehead atoms. The minimum Gasteiger partial charge on any atom is -0.492 e. The molecule has 2 aliphatic rings. The molecule has 5 nitrogen and oxygen atoms in total. The molecule has 1 amide bonds. The highest BCUT2D eigenvalue weighted by atomic mass is 16.5.